The van der Waals surface area contributed by atoms with Gasteiger partial charge in [0.1, 0.15) is 17.2 Å². The molecule has 0 saturated carbocycles. The Morgan fingerprint density at radius 2 is 2.05 bits per heavy atom. The van der Waals surface area contributed by atoms with Gasteiger partial charge in [-0.1, -0.05) is 32.6 Å². The Balaban J connectivity index is 2.12. The number of imidazole rings is 1. The summed E-state index contributed by atoms with van der Waals surface area (Å²) in [7, 11) is 0. The first-order valence-electron chi connectivity index (χ1n) is 7.03. The van der Waals surface area contributed by atoms with E-state index in [1.165, 1.54) is 25.3 Å². The number of aromatic carboxylic acids is 1. The quantitative estimate of drug-likeness (QED) is 0.754. The lowest BCUT2D eigenvalue weighted by atomic mass is 10.1. The smallest absolute Gasteiger partial charge is 0.338 e. The molecule has 1 aromatic carbocycles. The second-order valence-corrected chi connectivity index (χ2v) is 5.00. The fourth-order valence-corrected chi connectivity index (χ4v) is 2.31. The molecule has 0 aliphatic carbocycles. The van der Waals surface area contributed by atoms with Crippen LogP contribution in [-0.2, 0) is 6.42 Å². The number of aryl methyl sites for hydroxylation is 1. The molecule has 0 atom stereocenters. The summed E-state index contributed by atoms with van der Waals surface area (Å²) in [6.45, 7) is 2.17. The molecular formula is C15H19FN2O2. The summed E-state index contributed by atoms with van der Waals surface area (Å²) in [6.07, 6.45) is 6.53. The molecule has 2 rings (SSSR count). The normalized spacial score (nSPS) is 11.1. The first kappa shape index (κ1) is 14.5. The van der Waals surface area contributed by atoms with Crippen LogP contribution in [0.25, 0.3) is 11.0 Å². The predicted molar refractivity (Wildman–Crippen MR) is 75.5 cm³/mol. The number of rotatable bonds is 7. The van der Waals surface area contributed by atoms with Crippen LogP contribution < -0.4 is 0 Å². The maximum Gasteiger partial charge on any atom is 0.338 e. The lowest BCUT2D eigenvalue weighted by Crippen LogP contribution is -1.98. The van der Waals surface area contributed by atoms with Crippen LogP contribution in [0.1, 0.15) is 55.2 Å². The van der Waals surface area contributed by atoms with E-state index in [0.29, 0.717) is 11.0 Å². The van der Waals surface area contributed by atoms with Crippen molar-refractivity contribution in [3.63, 3.8) is 0 Å². The fraction of sp³-hybridized carbons (Fsp3) is 0.467. The van der Waals surface area contributed by atoms with Crippen molar-refractivity contribution in [1.82, 2.24) is 9.97 Å². The van der Waals surface area contributed by atoms with Gasteiger partial charge in [-0.2, -0.15) is 0 Å². The third-order valence-electron chi connectivity index (χ3n) is 3.35. The highest BCUT2D eigenvalue weighted by atomic mass is 19.1. The van der Waals surface area contributed by atoms with Gasteiger partial charge in [0.2, 0.25) is 0 Å². The number of nitrogens with one attached hydrogen (secondary N) is 1. The van der Waals surface area contributed by atoms with E-state index in [4.69, 9.17) is 5.11 Å². The summed E-state index contributed by atoms with van der Waals surface area (Å²) in [5.41, 5.74) is 0.696. The number of carbonyl (C=O) groups is 1. The van der Waals surface area contributed by atoms with E-state index in [2.05, 4.69) is 16.9 Å². The van der Waals surface area contributed by atoms with E-state index in [1.807, 2.05) is 0 Å². The molecule has 0 saturated heterocycles. The summed E-state index contributed by atoms with van der Waals surface area (Å²) in [5, 5.41) is 9.07. The summed E-state index contributed by atoms with van der Waals surface area (Å²) < 4.78 is 13.3. The zero-order valence-corrected chi connectivity index (χ0v) is 11.6. The topological polar surface area (TPSA) is 66.0 Å². The van der Waals surface area contributed by atoms with Crippen molar-refractivity contribution in [3.8, 4) is 0 Å². The number of hydrogen-bond acceptors (Lipinski definition) is 2. The molecule has 1 aromatic heterocycles. The third kappa shape index (κ3) is 3.35. The molecular weight excluding hydrogens is 259 g/mol. The van der Waals surface area contributed by atoms with Gasteiger partial charge in [0.15, 0.2) is 0 Å². The Morgan fingerprint density at radius 3 is 2.75 bits per heavy atom. The minimum atomic E-state index is -1.16. The highest BCUT2D eigenvalue weighted by Crippen LogP contribution is 2.20. The zero-order chi connectivity index (χ0) is 14.5. The number of nitrogens with zero attached hydrogens (tertiary/aromatic N) is 1. The van der Waals surface area contributed by atoms with Gasteiger partial charge in [-0.3, -0.25) is 0 Å². The molecule has 108 valence electrons. The Labute approximate surface area is 117 Å². The first-order valence-corrected chi connectivity index (χ1v) is 7.03. The second kappa shape index (κ2) is 6.50. The summed E-state index contributed by atoms with van der Waals surface area (Å²) in [4.78, 5) is 18.4. The second-order valence-electron chi connectivity index (χ2n) is 5.00. The van der Waals surface area contributed by atoms with E-state index < -0.39 is 11.8 Å². The number of unbranched alkanes of at least 4 members (excludes halogenated alkanes) is 4. The fourth-order valence-electron chi connectivity index (χ4n) is 2.31. The number of fused-ring (bicyclic) bond motifs is 1. The van der Waals surface area contributed by atoms with Crippen molar-refractivity contribution in [1.29, 1.82) is 0 Å². The molecule has 4 nitrogen and oxygen atoms in total. The lowest BCUT2D eigenvalue weighted by molar-refractivity contribution is 0.0698. The predicted octanol–water partition coefficient (Wildman–Crippen LogP) is 3.91. The zero-order valence-electron chi connectivity index (χ0n) is 11.6. The molecule has 5 heteroatoms. The molecule has 0 aliphatic rings. The number of aromatic amines is 1. The van der Waals surface area contributed by atoms with Crippen LogP contribution in [0.5, 0.6) is 0 Å². The van der Waals surface area contributed by atoms with Crippen molar-refractivity contribution in [2.45, 2.75) is 45.4 Å². The SMILES string of the molecule is CCCCCCCc1nc2c(C(=O)O)cc(F)cc2[nH]1. The highest BCUT2D eigenvalue weighted by molar-refractivity contribution is 6.00. The molecule has 0 aliphatic heterocycles. The number of benzene rings is 1. The van der Waals surface area contributed by atoms with E-state index in [9.17, 15) is 9.18 Å². The molecule has 0 radical (unpaired) electrons. The summed E-state index contributed by atoms with van der Waals surface area (Å²) in [6, 6.07) is 2.30. The maximum absolute atomic E-state index is 13.3. The molecule has 0 fully saturated rings. The van der Waals surface area contributed by atoms with Crippen LogP contribution in [0, 0.1) is 5.82 Å². The van der Waals surface area contributed by atoms with Gasteiger partial charge in [-0.25, -0.2) is 14.2 Å². The number of halogens is 1. The third-order valence-corrected chi connectivity index (χ3v) is 3.35. The number of aromatic nitrogens is 2. The van der Waals surface area contributed by atoms with Crippen molar-refractivity contribution >= 4 is 17.0 Å². The van der Waals surface area contributed by atoms with Crippen LogP contribution in [-0.4, -0.2) is 21.0 Å². The van der Waals surface area contributed by atoms with Crippen molar-refractivity contribution in [3.05, 3.63) is 29.3 Å². The average molecular weight is 278 g/mol. The number of hydrogen-bond donors (Lipinski definition) is 2. The van der Waals surface area contributed by atoms with Crippen LogP contribution >= 0.6 is 0 Å². The molecule has 0 unspecified atom stereocenters. The Morgan fingerprint density at radius 1 is 1.30 bits per heavy atom. The van der Waals surface area contributed by atoms with Crippen molar-refractivity contribution in [2.75, 3.05) is 0 Å². The van der Waals surface area contributed by atoms with Crippen LogP contribution in [0.2, 0.25) is 0 Å². The van der Waals surface area contributed by atoms with Gasteiger partial charge in [0, 0.05) is 6.42 Å². The van der Waals surface area contributed by atoms with Crippen molar-refractivity contribution in [2.24, 2.45) is 0 Å². The standard InChI is InChI=1S/C15H19FN2O2/c1-2-3-4-5-6-7-13-17-12-9-10(16)8-11(15(19)20)14(12)18-13/h8-9H,2-7H2,1H3,(H,17,18)(H,19,20). The summed E-state index contributed by atoms with van der Waals surface area (Å²) in [5.74, 6) is -0.992. The summed E-state index contributed by atoms with van der Waals surface area (Å²) >= 11 is 0. The average Bonchev–Trinajstić information content (AvgIpc) is 2.79. The number of carboxylic acid groups (broad SMARTS) is 1. The minimum absolute atomic E-state index is 0.0894. The molecule has 0 spiro atoms. The monoisotopic (exact) mass is 278 g/mol. The van der Waals surface area contributed by atoms with Crippen LogP contribution in [0.4, 0.5) is 4.39 Å². The molecule has 0 amide bonds. The Bertz CT molecular complexity index is 607. The van der Waals surface area contributed by atoms with Gasteiger partial charge in [0.25, 0.3) is 0 Å². The van der Waals surface area contributed by atoms with E-state index in [1.54, 1.807) is 0 Å². The van der Waals surface area contributed by atoms with Gasteiger partial charge >= 0.3 is 5.97 Å². The Hall–Kier alpha value is -1.91. The lowest BCUT2D eigenvalue weighted by Gasteiger charge is -1.97. The number of carboxylic acids is 1. The highest BCUT2D eigenvalue weighted by Gasteiger charge is 2.14. The molecule has 2 aromatic rings. The van der Waals surface area contributed by atoms with Gasteiger partial charge < -0.3 is 10.1 Å². The molecule has 0 bridgehead atoms. The van der Waals surface area contributed by atoms with Crippen molar-refractivity contribution < 1.29 is 14.3 Å². The van der Waals surface area contributed by atoms with E-state index >= 15 is 0 Å². The Kier molecular flexibility index (Phi) is 4.71. The van der Waals surface area contributed by atoms with Crippen LogP contribution in [0.3, 0.4) is 0 Å². The minimum Gasteiger partial charge on any atom is -0.478 e. The van der Waals surface area contributed by atoms with E-state index in [0.717, 1.165) is 31.2 Å². The van der Waals surface area contributed by atoms with Gasteiger partial charge in [0.05, 0.1) is 11.1 Å². The van der Waals surface area contributed by atoms with Gasteiger partial charge in [-0.15, -0.1) is 0 Å². The number of H-pyrrole nitrogens is 1. The molecule has 2 N–H and O–H groups in total. The van der Waals surface area contributed by atoms with Gasteiger partial charge in [-0.05, 0) is 18.6 Å². The molecule has 20 heavy (non-hydrogen) atoms. The first-order chi connectivity index (χ1) is 9.61. The largest absolute Gasteiger partial charge is 0.478 e. The molecule has 1 heterocycles. The van der Waals surface area contributed by atoms with Crippen LogP contribution in [0.15, 0.2) is 12.1 Å². The maximum atomic E-state index is 13.3. The van der Waals surface area contributed by atoms with E-state index in [-0.39, 0.29) is 5.56 Å².